The van der Waals surface area contributed by atoms with E-state index in [2.05, 4.69) is 15.2 Å². The molecule has 1 aliphatic heterocycles. The molecule has 1 aromatic heterocycles. The third-order valence-electron chi connectivity index (χ3n) is 5.18. The van der Waals surface area contributed by atoms with Gasteiger partial charge in [0.2, 0.25) is 5.88 Å². The monoisotopic (exact) mass is 333 g/mol. The Kier molecular flexibility index (Phi) is 5.56. The number of aromatic nitrogens is 1. The van der Waals surface area contributed by atoms with Crippen LogP contribution >= 0.6 is 0 Å². The summed E-state index contributed by atoms with van der Waals surface area (Å²) in [5.41, 5.74) is 0.349. The van der Waals surface area contributed by atoms with Gasteiger partial charge in [0.25, 0.3) is 0 Å². The lowest BCUT2D eigenvalue weighted by molar-refractivity contribution is 0.0596. The van der Waals surface area contributed by atoms with Gasteiger partial charge in [-0.25, -0.2) is 4.79 Å². The van der Waals surface area contributed by atoms with E-state index in [1.807, 2.05) is 6.07 Å². The normalized spacial score (nSPS) is 20.1. The van der Waals surface area contributed by atoms with Crippen molar-refractivity contribution in [1.29, 1.82) is 0 Å². The zero-order valence-corrected chi connectivity index (χ0v) is 14.6. The van der Waals surface area contributed by atoms with E-state index in [0.29, 0.717) is 17.5 Å². The minimum atomic E-state index is -0.434. The van der Waals surface area contributed by atoms with Crippen LogP contribution in [0.25, 0.3) is 0 Å². The number of nitrogens with zero attached hydrogens (tertiary/aromatic N) is 2. The quantitative estimate of drug-likeness (QED) is 0.836. The van der Waals surface area contributed by atoms with Crippen LogP contribution in [0.5, 0.6) is 5.88 Å². The number of esters is 1. The number of methoxy groups -OCH3 is 2. The second-order valence-corrected chi connectivity index (χ2v) is 6.64. The Balaban J connectivity index is 1.57. The summed E-state index contributed by atoms with van der Waals surface area (Å²) < 4.78 is 9.97. The lowest BCUT2D eigenvalue weighted by Crippen LogP contribution is -2.43. The maximum Gasteiger partial charge on any atom is 0.343 e. The van der Waals surface area contributed by atoms with Crippen molar-refractivity contribution in [2.75, 3.05) is 32.6 Å². The standard InChI is InChI=1S/C18H27N3O3/c1-23-17-15(18(22)24-2)7-8-16(20-17)19-13-9-11-21(12-10-13)14-5-3-4-6-14/h7-8,13-14H,3-6,9-12H2,1-2H3,(H,19,20). The summed E-state index contributed by atoms with van der Waals surface area (Å²) in [4.78, 5) is 18.7. The van der Waals surface area contributed by atoms with Crippen molar-refractivity contribution >= 4 is 11.8 Å². The zero-order chi connectivity index (χ0) is 16.9. The maximum absolute atomic E-state index is 11.7. The minimum absolute atomic E-state index is 0.301. The maximum atomic E-state index is 11.7. The molecule has 2 fully saturated rings. The fourth-order valence-electron chi connectivity index (χ4n) is 3.83. The van der Waals surface area contributed by atoms with Crippen LogP contribution in [0.4, 0.5) is 5.82 Å². The van der Waals surface area contributed by atoms with E-state index in [9.17, 15) is 4.79 Å². The van der Waals surface area contributed by atoms with Gasteiger partial charge in [-0.15, -0.1) is 0 Å². The average Bonchev–Trinajstić information content (AvgIpc) is 3.16. The number of carbonyl (C=O) groups excluding carboxylic acids is 1. The number of hydrogen-bond acceptors (Lipinski definition) is 6. The van der Waals surface area contributed by atoms with Gasteiger partial charge in [-0.1, -0.05) is 12.8 Å². The average molecular weight is 333 g/mol. The molecule has 3 rings (SSSR count). The number of anilines is 1. The van der Waals surface area contributed by atoms with Crippen molar-refractivity contribution in [3.63, 3.8) is 0 Å². The van der Waals surface area contributed by atoms with Crippen LogP contribution in [0, 0.1) is 0 Å². The first-order valence-electron chi connectivity index (χ1n) is 8.85. The summed E-state index contributed by atoms with van der Waals surface area (Å²) in [5, 5.41) is 3.48. The highest BCUT2D eigenvalue weighted by molar-refractivity contribution is 5.92. The van der Waals surface area contributed by atoms with Crippen molar-refractivity contribution in [3.05, 3.63) is 17.7 Å². The Labute approximate surface area is 143 Å². The molecule has 24 heavy (non-hydrogen) atoms. The largest absolute Gasteiger partial charge is 0.480 e. The molecule has 1 saturated carbocycles. The first-order chi connectivity index (χ1) is 11.7. The molecular weight excluding hydrogens is 306 g/mol. The summed E-state index contributed by atoms with van der Waals surface area (Å²) in [6.45, 7) is 2.30. The molecule has 6 heteroatoms. The van der Waals surface area contributed by atoms with Crippen molar-refractivity contribution < 1.29 is 14.3 Å². The van der Waals surface area contributed by atoms with Crippen molar-refractivity contribution in [2.45, 2.75) is 50.6 Å². The molecule has 0 atom stereocenters. The molecule has 2 heterocycles. The summed E-state index contributed by atoms with van der Waals surface area (Å²) in [6.07, 6.45) is 7.76. The first kappa shape index (κ1) is 17.0. The number of pyridine rings is 1. The predicted octanol–water partition coefficient (Wildman–Crippen LogP) is 2.70. The summed E-state index contributed by atoms with van der Waals surface area (Å²) in [6, 6.07) is 4.75. The Bertz CT molecular complexity index is 565. The second-order valence-electron chi connectivity index (χ2n) is 6.64. The van der Waals surface area contributed by atoms with Crippen molar-refractivity contribution in [1.82, 2.24) is 9.88 Å². The number of piperidine rings is 1. The molecule has 0 amide bonds. The summed E-state index contributed by atoms with van der Waals surface area (Å²) in [5.74, 6) is 0.616. The molecule has 0 radical (unpaired) electrons. The molecule has 0 spiro atoms. The van der Waals surface area contributed by atoms with Gasteiger partial charge in [0.15, 0.2) is 0 Å². The topological polar surface area (TPSA) is 63.7 Å². The van der Waals surface area contributed by atoms with E-state index in [1.54, 1.807) is 6.07 Å². The van der Waals surface area contributed by atoms with E-state index >= 15 is 0 Å². The highest BCUT2D eigenvalue weighted by Crippen LogP contribution is 2.27. The highest BCUT2D eigenvalue weighted by Gasteiger charge is 2.27. The minimum Gasteiger partial charge on any atom is -0.480 e. The zero-order valence-electron chi connectivity index (χ0n) is 14.6. The van der Waals surface area contributed by atoms with Gasteiger partial charge >= 0.3 is 5.97 Å². The van der Waals surface area contributed by atoms with Crippen LogP contribution in [0.1, 0.15) is 48.9 Å². The van der Waals surface area contributed by atoms with Gasteiger partial charge in [0.1, 0.15) is 11.4 Å². The SMILES string of the molecule is COC(=O)c1ccc(NC2CCN(C3CCCC3)CC2)nc1OC. The van der Waals surface area contributed by atoms with Crippen LogP contribution in [0.15, 0.2) is 12.1 Å². The third kappa shape index (κ3) is 3.80. The Morgan fingerprint density at radius 2 is 1.88 bits per heavy atom. The Morgan fingerprint density at radius 3 is 2.50 bits per heavy atom. The molecule has 132 valence electrons. The van der Waals surface area contributed by atoms with Crippen LogP contribution < -0.4 is 10.1 Å². The van der Waals surface area contributed by atoms with Crippen LogP contribution in [-0.4, -0.2) is 55.2 Å². The van der Waals surface area contributed by atoms with Crippen LogP contribution in [0.2, 0.25) is 0 Å². The van der Waals surface area contributed by atoms with Gasteiger partial charge in [0, 0.05) is 25.2 Å². The van der Waals surface area contributed by atoms with Crippen LogP contribution in [-0.2, 0) is 4.74 Å². The van der Waals surface area contributed by atoms with Gasteiger partial charge in [-0.05, 0) is 37.8 Å². The second kappa shape index (κ2) is 7.83. The number of ether oxygens (including phenoxy) is 2. The van der Waals surface area contributed by atoms with Crippen LogP contribution in [0.3, 0.4) is 0 Å². The Hall–Kier alpha value is -1.82. The summed E-state index contributed by atoms with van der Waals surface area (Å²) in [7, 11) is 2.87. The smallest absolute Gasteiger partial charge is 0.343 e. The van der Waals surface area contributed by atoms with Crippen molar-refractivity contribution in [3.8, 4) is 5.88 Å². The molecular formula is C18H27N3O3. The van der Waals surface area contributed by atoms with E-state index in [4.69, 9.17) is 9.47 Å². The van der Waals surface area contributed by atoms with Gasteiger partial charge in [0.05, 0.1) is 14.2 Å². The van der Waals surface area contributed by atoms with E-state index in [0.717, 1.165) is 37.8 Å². The van der Waals surface area contributed by atoms with Gasteiger partial charge in [-0.2, -0.15) is 4.98 Å². The van der Waals surface area contributed by atoms with Gasteiger partial charge in [-0.3, -0.25) is 0 Å². The lowest BCUT2D eigenvalue weighted by atomic mass is 10.0. The summed E-state index contributed by atoms with van der Waals surface area (Å²) >= 11 is 0. The lowest BCUT2D eigenvalue weighted by Gasteiger charge is -2.36. The van der Waals surface area contributed by atoms with E-state index in [-0.39, 0.29) is 0 Å². The van der Waals surface area contributed by atoms with E-state index in [1.165, 1.54) is 39.9 Å². The molecule has 1 N–H and O–H groups in total. The molecule has 6 nitrogen and oxygen atoms in total. The Morgan fingerprint density at radius 1 is 1.17 bits per heavy atom. The molecule has 0 unspecified atom stereocenters. The number of rotatable bonds is 5. The van der Waals surface area contributed by atoms with Crippen molar-refractivity contribution in [2.24, 2.45) is 0 Å². The fourth-order valence-corrected chi connectivity index (χ4v) is 3.83. The number of nitrogens with one attached hydrogen (secondary N) is 1. The van der Waals surface area contributed by atoms with E-state index < -0.39 is 5.97 Å². The molecule has 2 aliphatic rings. The molecule has 1 aliphatic carbocycles. The molecule has 1 aromatic rings. The van der Waals surface area contributed by atoms with Gasteiger partial charge < -0.3 is 19.7 Å². The third-order valence-corrected chi connectivity index (χ3v) is 5.18. The molecule has 1 saturated heterocycles. The highest BCUT2D eigenvalue weighted by atomic mass is 16.5. The first-order valence-corrected chi connectivity index (χ1v) is 8.85. The molecule has 0 bridgehead atoms. The fraction of sp³-hybridized carbons (Fsp3) is 0.667. The number of carbonyl (C=O) groups is 1. The molecule has 0 aromatic carbocycles. The predicted molar refractivity (Wildman–Crippen MR) is 92.6 cm³/mol. The number of hydrogen-bond donors (Lipinski definition) is 1. The number of likely N-dealkylation sites (tertiary alicyclic amines) is 1.